The highest BCUT2D eigenvalue weighted by Crippen LogP contribution is 2.14. The van der Waals surface area contributed by atoms with Crippen LogP contribution in [-0.2, 0) is 7.05 Å². The number of nitrogens with zero attached hydrogens (tertiary/aromatic N) is 1. The fraction of sp³-hybridized carbons (Fsp3) is 0.429. The van der Waals surface area contributed by atoms with E-state index in [0.29, 0.717) is 23.2 Å². The monoisotopic (exact) mass is 262 g/mol. The van der Waals surface area contributed by atoms with Gasteiger partial charge in [0.1, 0.15) is 0 Å². The number of nitrogens with one attached hydrogen (secondary N) is 1. The number of rotatable bonds is 5. The fourth-order valence-electron chi connectivity index (χ4n) is 1.95. The lowest BCUT2D eigenvalue weighted by Gasteiger charge is -2.04. The highest BCUT2D eigenvalue weighted by atomic mass is 16.4. The molecule has 0 aliphatic rings. The number of carbonyl (C=O) groups excluding carboxylic acids is 1. The van der Waals surface area contributed by atoms with Crippen LogP contribution in [0.15, 0.2) is 27.4 Å². The van der Waals surface area contributed by atoms with Crippen LogP contribution < -0.4 is 11.1 Å². The van der Waals surface area contributed by atoms with Gasteiger partial charge in [0.25, 0.3) is 5.91 Å². The average Bonchev–Trinajstić information content (AvgIpc) is 2.70. The van der Waals surface area contributed by atoms with E-state index in [2.05, 4.69) is 12.2 Å². The molecule has 0 fully saturated rings. The third kappa shape index (κ3) is 2.86. The number of aromatic nitrogens is 1. The van der Waals surface area contributed by atoms with Crippen LogP contribution >= 0.6 is 0 Å². The summed E-state index contributed by atoms with van der Waals surface area (Å²) in [5.41, 5.74) is 1.67. The van der Waals surface area contributed by atoms with Crippen molar-refractivity contribution in [2.45, 2.75) is 26.2 Å². The van der Waals surface area contributed by atoms with Crippen LogP contribution in [0.5, 0.6) is 0 Å². The van der Waals surface area contributed by atoms with E-state index in [-0.39, 0.29) is 5.91 Å². The highest BCUT2D eigenvalue weighted by Gasteiger charge is 2.10. The van der Waals surface area contributed by atoms with Crippen molar-refractivity contribution in [2.24, 2.45) is 7.05 Å². The Balaban J connectivity index is 2.14. The Bertz CT molecular complexity index is 640. The quantitative estimate of drug-likeness (QED) is 0.839. The summed E-state index contributed by atoms with van der Waals surface area (Å²) in [6.45, 7) is 2.80. The first-order valence-corrected chi connectivity index (χ1v) is 6.51. The highest BCUT2D eigenvalue weighted by molar-refractivity contribution is 5.97. The predicted molar refractivity (Wildman–Crippen MR) is 73.3 cm³/mol. The lowest BCUT2D eigenvalue weighted by atomic mass is 10.2. The number of benzene rings is 1. The van der Waals surface area contributed by atoms with Crippen LogP contribution in [-0.4, -0.2) is 17.0 Å². The summed E-state index contributed by atoms with van der Waals surface area (Å²) in [4.78, 5) is 23.3. The average molecular weight is 262 g/mol. The second-order valence-electron chi connectivity index (χ2n) is 4.57. The lowest BCUT2D eigenvalue weighted by molar-refractivity contribution is 0.0953. The van der Waals surface area contributed by atoms with Gasteiger partial charge in [-0.3, -0.25) is 9.36 Å². The maximum atomic E-state index is 11.9. The van der Waals surface area contributed by atoms with Gasteiger partial charge in [-0.2, -0.15) is 0 Å². The Kier molecular flexibility index (Phi) is 4.04. The lowest BCUT2D eigenvalue weighted by Crippen LogP contribution is -2.24. The van der Waals surface area contributed by atoms with E-state index in [1.807, 2.05) is 0 Å². The molecular formula is C14H18N2O3. The molecule has 0 aliphatic heterocycles. The summed E-state index contributed by atoms with van der Waals surface area (Å²) in [5.74, 6) is -0.540. The first-order valence-electron chi connectivity index (χ1n) is 6.51. The number of oxazole rings is 1. The topological polar surface area (TPSA) is 64.2 Å². The van der Waals surface area contributed by atoms with Crippen LogP contribution in [0.2, 0.25) is 0 Å². The van der Waals surface area contributed by atoms with Gasteiger partial charge in [-0.15, -0.1) is 0 Å². The molecule has 5 nitrogen and oxygen atoms in total. The Morgan fingerprint density at radius 2 is 2.16 bits per heavy atom. The van der Waals surface area contributed by atoms with E-state index in [0.717, 1.165) is 19.3 Å². The Morgan fingerprint density at radius 3 is 2.89 bits per heavy atom. The third-order valence-electron chi connectivity index (χ3n) is 3.12. The number of hydrogen-bond donors (Lipinski definition) is 1. The minimum absolute atomic E-state index is 0.119. The summed E-state index contributed by atoms with van der Waals surface area (Å²) >= 11 is 0. The van der Waals surface area contributed by atoms with Crippen molar-refractivity contribution in [3.63, 3.8) is 0 Å². The molecule has 0 bridgehead atoms. The van der Waals surface area contributed by atoms with Gasteiger partial charge < -0.3 is 9.73 Å². The Hall–Kier alpha value is -2.04. The van der Waals surface area contributed by atoms with Crippen molar-refractivity contribution in [1.82, 2.24) is 9.88 Å². The second kappa shape index (κ2) is 5.73. The zero-order valence-corrected chi connectivity index (χ0v) is 11.2. The van der Waals surface area contributed by atoms with Gasteiger partial charge in [0.2, 0.25) is 0 Å². The number of amides is 1. The molecule has 1 N–H and O–H groups in total. The molecule has 1 amide bonds. The first-order chi connectivity index (χ1) is 9.13. The molecule has 0 spiro atoms. The van der Waals surface area contributed by atoms with E-state index in [1.54, 1.807) is 25.2 Å². The number of aryl methyl sites for hydroxylation is 1. The molecule has 1 heterocycles. The summed E-state index contributed by atoms with van der Waals surface area (Å²) in [6, 6.07) is 4.99. The van der Waals surface area contributed by atoms with Gasteiger partial charge in [0.15, 0.2) is 5.58 Å². The first kappa shape index (κ1) is 13.4. The Labute approximate surface area is 111 Å². The van der Waals surface area contributed by atoms with Crippen LogP contribution in [0, 0.1) is 0 Å². The largest absolute Gasteiger partial charge is 0.419 e. The van der Waals surface area contributed by atoms with E-state index in [9.17, 15) is 9.59 Å². The minimum atomic E-state index is -0.421. The molecule has 2 aromatic rings. The molecule has 0 atom stereocenters. The van der Waals surface area contributed by atoms with Crippen molar-refractivity contribution in [1.29, 1.82) is 0 Å². The molecule has 19 heavy (non-hydrogen) atoms. The van der Waals surface area contributed by atoms with E-state index in [4.69, 9.17) is 4.42 Å². The molecule has 0 saturated heterocycles. The summed E-state index contributed by atoms with van der Waals surface area (Å²) in [5, 5.41) is 2.87. The van der Waals surface area contributed by atoms with E-state index >= 15 is 0 Å². The van der Waals surface area contributed by atoms with Crippen molar-refractivity contribution >= 4 is 17.0 Å². The van der Waals surface area contributed by atoms with Crippen LogP contribution in [0.4, 0.5) is 0 Å². The fourth-order valence-corrected chi connectivity index (χ4v) is 1.95. The molecule has 2 rings (SSSR count). The van der Waals surface area contributed by atoms with Gasteiger partial charge in [-0.05, 0) is 24.6 Å². The van der Waals surface area contributed by atoms with Gasteiger partial charge in [-0.1, -0.05) is 19.8 Å². The van der Waals surface area contributed by atoms with Crippen LogP contribution in [0.25, 0.3) is 11.1 Å². The SMILES string of the molecule is CCCCCNC(=O)c1ccc2oc(=O)n(C)c2c1. The molecule has 0 unspecified atom stereocenters. The maximum Gasteiger partial charge on any atom is 0.419 e. The van der Waals surface area contributed by atoms with Crippen molar-refractivity contribution < 1.29 is 9.21 Å². The minimum Gasteiger partial charge on any atom is -0.408 e. The molecule has 102 valence electrons. The number of fused-ring (bicyclic) bond motifs is 1. The van der Waals surface area contributed by atoms with Crippen molar-refractivity contribution in [2.75, 3.05) is 6.54 Å². The maximum absolute atomic E-state index is 11.9. The molecule has 0 radical (unpaired) electrons. The number of carbonyl (C=O) groups is 1. The molecule has 5 heteroatoms. The van der Waals surface area contributed by atoms with Crippen LogP contribution in [0.1, 0.15) is 36.5 Å². The molecule has 1 aromatic carbocycles. The summed E-state index contributed by atoms with van der Waals surface area (Å²) < 4.78 is 6.41. The third-order valence-corrected chi connectivity index (χ3v) is 3.12. The Morgan fingerprint density at radius 1 is 1.37 bits per heavy atom. The van der Waals surface area contributed by atoms with Gasteiger partial charge >= 0.3 is 5.76 Å². The standard InChI is InChI=1S/C14H18N2O3/c1-3-4-5-8-15-13(17)10-6-7-12-11(9-10)16(2)14(18)19-12/h6-7,9H,3-5,8H2,1-2H3,(H,15,17). The van der Waals surface area contributed by atoms with E-state index < -0.39 is 5.76 Å². The number of hydrogen-bond acceptors (Lipinski definition) is 3. The molecule has 0 saturated carbocycles. The zero-order valence-electron chi connectivity index (χ0n) is 11.2. The normalized spacial score (nSPS) is 10.8. The molecular weight excluding hydrogens is 244 g/mol. The van der Waals surface area contributed by atoms with Gasteiger partial charge in [-0.25, -0.2) is 4.79 Å². The van der Waals surface area contributed by atoms with E-state index in [1.165, 1.54) is 4.57 Å². The zero-order chi connectivity index (χ0) is 13.8. The number of unbranched alkanes of at least 4 members (excludes halogenated alkanes) is 2. The van der Waals surface area contributed by atoms with Gasteiger partial charge in [0, 0.05) is 19.2 Å². The summed E-state index contributed by atoms with van der Waals surface area (Å²) in [6.07, 6.45) is 3.21. The summed E-state index contributed by atoms with van der Waals surface area (Å²) in [7, 11) is 1.62. The smallest absolute Gasteiger partial charge is 0.408 e. The van der Waals surface area contributed by atoms with Crippen molar-refractivity contribution in [3.8, 4) is 0 Å². The molecule has 1 aromatic heterocycles. The van der Waals surface area contributed by atoms with Gasteiger partial charge in [0.05, 0.1) is 5.52 Å². The predicted octanol–water partition coefficient (Wildman–Crippen LogP) is 2.05. The molecule has 0 aliphatic carbocycles. The van der Waals surface area contributed by atoms with Crippen LogP contribution in [0.3, 0.4) is 0 Å². The second-order valence-corrected chi connectivity index (χ2v) is 4.57. The van der Waals surface area contributed by atoms with Crippen molar-refractivity contribution in [3.05, 3.63) is 34.3 Å².